The summed E-state index contributed by atoms with van der Waals surface area (Å²) < 4.78 is 4.60. The molecule has 0 aliphatic carbocycles. The molecule has 0 unspecified atom stereocenters. The number of carbonyl (C=O) groups is 2. The van der Waals surface area contributed by atoms with Gasteiger partial charge in [0.15, 0.2) is 6.29 Å². The molecule has 116 valence electrons. The summed E-state index contributed by atoms with van der Waals surface area (Å²) in [5.41, 5.74) is 1.92. The molecule has 0 saturated heterocycles. The third-order valence-electron chi connectivity index (χ3n) is 2.29. The minimum atomic E-state index is -0.533. The van der Waals surface area contributed by atoms with Crippen LogP contribution in [0.4, 0.5) is 0 Å². The van der Waals surface area contributed by atoms with Gasteiger partial charge in [-0.2, -0.15) is 0 Å². The summed E-state index contributed by atoms with van der Waals surface area (Å²) in [6.45, 7) is 8.00. The lowest BCUT2D eigenvalue weighted by molar-refractivity contribution is 0.0598. The summed E-state index contributed by atoms with van der Waals surface area (Å²) in [4.78, 5) is 29.3. The van der Waals surface area contributed by atoms with E-state index in [9.17, 15) is 9.59 Å². The highest BCUT2D eigenvalue weighted by atomic mass is 32.2. The van der Waals surface area contributed by atoms with Crippen LogP contribution < -0.4 is 0 Å². The maximum Gasteiger partial charge on any atom is 0.340 e. The SMILES string of the molecule is CC.CC.COC(=O)c1cc(C2=NC=CSC2)[nH]c1C=O. The van der Waals surface area contributed by atoms with Crippen molar-refractivity contribution in [3.63, 3.8) is 0 Å². The average molecular weight is 310 g/mol. The molecular weight excluding hydrogens is 288 g/mol. The van der Waals surface area contributed by atoms with Gasteiger partial charge in [0.2, 0.25) is 0 Å². The van der Waals surface area contributed by atoms with Gasteiger partial charge in [0, 0.05) is 12.0 Å². The first kappa shape index (κ1) is 19.2. The fourth-order valence-electron chi connectivity index (χ4n) is 1.47. The number of hydrogen-bond donors (Lipinski definition) is 1. The molecule has 6 heteroatoms. The Hall–Kier alpha value is -1.82. The minimum absolute atomic E-state index is 0.217. The molecule has 2 rings (SSSR count). The Labute approximate surface area is 129 Å². The standard InChI is InChI=1S/C11H10N2O3S.2C2H6/c1-16-11(15)7-4-8(13-9(7)5-14)10-6-17-3-2-12-10;2*1-2/h2-5,13H,6H2,1H3;2*1-2H3. The molecule has 0 amide bonds. The number of aliphatic imine (C=N–C) groups is 1. The van der Waals surface area contributed by atoms with Crippen molar-refractivity contribution < 1.29 is 14.3 Å². The zero-order chi connectivity index (χ0) is 16.3. The van der Waals surface area contributed by atoms with E-state index in [0.29, 0.717) is 17.7 Å². The van der Waals surface area contributed by atoms with Crippen molar-refractivity contribution in [2.45, 2.75) is 27.7 Å². The van der Waals surface area contributed by atoms with E-state index >= 15 is 0 Å². The third-order valence-corrected chi connectivity index (χ3v) is 3.04. The second-order valence-electron chi connectivity index (χ2n) is 3.29. The zero-order valence-corrected chi connectivity index (χ0v) is 13.9. The predicted octanol–water partition coefficient (Wildman–Crippen LogP) is 3.67. The number of hydrogen-bond acceptors (Lipinski definition) is 5. The average Bonchev–Trinajstić information content (AvgIpc) is 3.03. The highest BCUT2D eigenvalue weighted by Crippen LogP contribution is 2.17. The van der Waals surface area contributed by atoms with Crippen LogP contribution in [0.15, 0.2) is 22.7 Å². The predicted molar refractivity (Wildman–Crippen MR) is 88.4 cm³/mol. The number of aromatic nitrogens is 1. The van der Waals surface area contributed by atoms with Gasteiger partial charge in [-0.15, -0.1) is 11.8 Å². The molecule has 0 atom stereocenters. The van der Waals surface area contributed by atoms with E-state index in [4.69, 9.17) is 0 Å². The van der Waals surface area contributed by atoms with Gasteiger partial charge in [-0.05, 0) is 11.5 Å². The van der Waals surface area contributed by atoms with Gasteiger partial charge < -0.3 is 9.72 Å². The molecule has 0 spiro atoms. The number of carbonyl (C=O) groups excluding carboxylic acids is 2. The van der Waals surface area contributed by atoms with Gasteiger partial charge in [-0.25, -0.2) is 4.79 Å². The first-order valence-corrected chi connectivity index (χ1v) is 7.91. The number of aldehydes is 1. The van der Waals surface area contributed by atoms with Gasteiger partial charge in [-0.1, -0.05) is 27.7 Å². The van der Waals surface area contributed by atoms with E-state index in [2.05, 4.69) is 14.7 Å². The molecule has 0 aromatic carbocycles. The fourth-order valence-corrected chi connectivity index (χ4v) is 2.10. The van der Waals surface area contributed by atoms with Crippen LogP contribution in [0.1, 0.15) is 54.2 Å². The van der Waals surface area contributed by atoms with Crippen LogP contribution in [0.25, 0.3) is 0 Å². The highest BCUT2D eigenvalue weighted by molar-refractivity contribution is 8.02. The Bertz CT molecular complexity index is 519. The van der Waals surface area contributed by atoms with Gasteiger partial charge in [0.05, 0.1) is 29.8 Å². The summed E-state index contributed by atoms with van der Waals surface area (Å²) in [7, 11) is 1.28. The van der Waals surface area contributed by atoms with Crippen molar-refractivity contribution >= 4 is 29.7 Å². The van der Waals surface area contributed by atoms with E-state index in [1.807, 2.05) is 33.1 Å². The molecule has 0 bridgehead atoms. The molecule has 0 radical (unpaired) electrons. The lowest BCUT2D eigenvalue weighted by Crippen LogP contribution is -2.06. The van der Waals surface area contributed by atoms with Crippen LogP contribution in [0, 0.1) is 0 Å². The van der Waals surface area contributed by atoms with Gasteiger partial charge >= 0.3 is 5.97 Å². The summed E-state index contributed by atoms with van der Waals surface area (Å²) >= 11 is 1.60. The topological polar surface area (TPSA) is 71.5 Å². The van der Waals surface area contributed by atoms with E-state index in [-0.39, 0.29) is 11.3 Å². The first-order chi connectivity index (χ1) is 10.3. The third kappa shape index (κ3) is 5.23. The molecule has 5 nitrogen and oxygen atoms in total. The highest BCUT2D eigenvalue weighted by Gasteiger charge is 2.18. The minimum Gasteiger partial charge on any atom is -0.465 e. The molecule has 1 N–H and O–H groups in total. The van der Waals surface area contributed by atoms with Crippen LogP contribution in [0.3, 0.4) is 0 Å². The van der Waals surface area contributed by atoms with E-state index < -0.39 is 5.97 Å². The Morgan fingerprint density at radius 2 is 2.05 bits per heavy atom. The van der Waals surface area contributed by atoms with Crippen molar-refractivity contribution in [2.24, 2.45) is 4.99 Å². The molecule has 1 aliphatic heterocycles. The quantitative estimate of drug-likeness (QED) is 0.683. The van der Waals surface area contributed by atoms with Crippen molar-refractivity contribution in [2.75, 3.05) is 12.9 Å². The van der Waals surface area contributed by atoms with Gasteiger partial charge in [0.1, 0.15) is 0 Å². The number of aromatic amines is 1. The van der Waals surface area contributed by atoms with Crippen LogP contribution in [-0.2, 0) is 4.74 Å². The van der Waals surface area contributed by atoms with Gasteiger partial charge in [-0.3, -0.25) is 9.79 Å². The Balaban J connectivity index is 0.000000921. The number of H-pyrrole nitrogens is 1. The molecule has 1 aliphatic rings. The smallest absolute Gasteiger partial charge is 0.340 e. The molecule has 1 aromatic rings. The summed E-state index contributed by atoms with van der Waals surface area (Å²) in [5, 5.41) is 1.88. The number of nitrogens with zero attached hydrogens (tertiary/aromatic N) is 1. The summed E-state index contributed by atoms with van der Waals surface area (Å²) in [6.07, 6.45) is 2.28. The van der Waals surface area contributed by atoms with Crippen LogP contribution >= 0.6 is 11.8 Å². The monoisotopic (exact) mass is 310 g/mol. The second kappa shape index (κ2) is 10.9. The second-order valence-corrected chi connectivity index (χ2v) is 4.19. The lowest BCUT2D eigenvalue weighted by atomic mass is 10.2. The Morgan fingerprint density at radius 3 is 2.52 bits per heavy atom. The van der Waals surface area contributed by atoms with Crippen molar-refractivity contribution in [1.82, 2.24) is 4.98 Å². The number of methoxy groups -OCH3 is 1. The largest absolute Gasteiger partial charge is 0.465 e. The number of nitrogens with one attached hydrogen (secondary N) is 1. The van der Waals surface area contributed by atoms with E-state index in [1.54, 1.807) is 24.0 Å². The Morgan fingerprint density at radius 1 is 1.38 bits per heavy atom. The van der Waals surface area contributed by atoms with Gasteiger partial charge in [0.25, 0.3) is 0 Å². The molecule has 2 heterocycles. The number of esters is 1. The van der Waals surface area contributed by atoms with Crippen LogP contribution in [-0.4, -0.2) is 35.8 Å². The number of thioether (sulfide) groups is 1. The molecule has 21 heavy (non-hydrogen) atoms. The van der Waals surface area contributed by atoms with Crippen molar-refractivity contribution in [3.05, 3.63) is 34.6 Å². The Kier molecular flexibility index (Phi) is 9.96. The molecular formula is C15H22N2O3S. The zero-order valence-electron chi connectivity index (χ0n) is 13.1. The normalized spacial score (nSPS) is 12.1. The van der Waals surface area contributed by atoms with Crippen LogP contribution in [0.2, 0.25) is 0 Å². The summed E-state index contributed by atoms with van der Waals surface area (Å²) in [5.74, 6) is 0.171. The van der Waals surface area contributed by atoms with Crippen molar-refractivity contribution in [3.8, 4) is 0 Å². The molecule has 1 aromatic heterocycles. The fraction of sp³-hybridized carbons (Fsp3) is 0.400. The summed E-state index contributed by atoms with van der Waals surface area (Å²) in [6, 6.07) is 1.59. The van der Waals surface area contributed by atoms with Crippen molar-refractivity contribution in [1.29, 1.82) is 0 Å². The lowest BCUT2D eigenvalue weighted by Gasteiger charge is -2.04. The molecule has 0 saturated carbocycles. The number of ether oxygens (including phenoxy) is 1. The van der Waals surface area contributed by atoms with Crippen LogP contribution in [0.5, 0.6) is 0 Å². The molecule has 0 fully saturated rings. The van der Waals surface area contributed by atoms with E-state index in [0.717, 1.165) is 5.71 Å². The first-order valence-electron chi connectivity index (χ1n) is 6.86. The number of rotatable bonds is 3. The maximum atomic E-state index is 11.4. The maximum absolute atomic E-state index is 11.4. The van der Waals surface area contributed by atoms with E-state index in [1.165, 1.54) is 7.11 Å².